The van der Waals surface area contributed by atoms with E-state index in [4.69, 9.17) is 0 Å². The van der Waals surface area contributed by atoms with Gasteiger partial charge in [0.15, 0.2) is 5.82 Å². The molecule has 0 aliphatic heterocycles. The number of aromatic nitrogens is 2. The Labute approximate surface area is 141 Å². The molecule has 0 radical (unpaired) electrons. The van der Waals surface area contributed by atoms with Gasteiger partial charge in [-0.05, 0) is 43.5 Å². The van der Waals surface area contributed by atoms with E-state index >= 15 is 0 Å². The van der Waals surface area contributed by atoms with E-state index < -0.39 is 23.0 Å². The molecule has 8 heteroatoms. The molecule has 134 valence electrons. The molecule has 1 aromatic heterocycles. The standard InChI is InChI=1S/C17H17F4N3O/c1-2-24-6-5-22-14(15(24)25)23-10-16(3-4-16)11-7-12(17(19,20)21)9-13(18)8-11/h5-9H,2-4,10H2,1H3,(H,22,23). The Hall–Kier alpha value is -2.38. The first-order valence-corrected chi connectivity index (χ1v) is 7.93. The van der Waals surface area contributed by atoms with E-state index in [2.05, 4.69) is 10.3 Å². The summed E-state index contributed by atoms with van der Waals surface area (Å²) in [5.41, 5.74) is -1.61. The zero-order valence-electron chi connectivity index (χ0n) is 13.5. The number of benzene rings is 1. The molecule has 4 nitrogen and oxygen atoms in total. The van der Waals surface area contributed by atoms with Crippen LogP contribution in [0.4, 0.5) is 23.4 Å². The van der Waals surface area contributed by atoms with E-state index in [0.29, 0.717) is 31.0 Å². The van der Waals surface area contributed by atoms with Crippen molar-refractivity contribution >= 4 is 5.82 Å². The van der Waals surface area contributed by atoms with Gasteiger partial charge in [0.05, 0.1) is 5.56 Å². The van der Waals surface area contributed by atoms with E-state index in [1.807, 2.05) is 6.92 Å². The van der Waals surface area contributed by atoms with Gasteiger partial charge in [-0.2, -0.15) is 13.2 Å². The number of alkyl halides is 3. The second-order valence-corrected chi connectivity index (χ2v) is 6.23. The fraction of sp³-hybridized carbons (Fsp3) is 0.412. The minimum Gasteiger partial charge on any atom is -0.365 e. The molecule has 3 rings (SSSR count). The van der Waals surface area contributed by atoms with Gasteiger partial charge in [0.2, 0.25) is 0 Å². The lowest BCUT2D eigenvalue weighted by atomic mass is 9.94. The average molecular weight is 355 g/mol. The third kappa shape index (κ3) is 3.52. The minimum absolute atomic E-state index is 0.142. The first-order chi connectivity index (χ1) is 11.7. The summed E-state index contributed by atoms with van der Waals surface area (Å²) < 4.78 is 53.8. The summed E-state index contributed by atoms with van der Waals surface area (Å²) >= 11 is 0. The van der Waals surface area contributed by atoms with Crippen LogP contribution < -0.4 is 10.9 Å². The quantitative estimate of drug-likeness (QED) is 0.834. The SMILES string of the molecule is CCn1ccnc(NCC2(c3cc(F)cc(C(F)(F)F)c3)CC2)c1=O. The van der Waals surface area contributed by atoms with E-state index in [9.17, 15) is 22.4 Å². The summed E-state index contributed by atoms with van der Waals surface area (Å²) in [6, 6.07) is 2.61. The molecule has 25 heavy (non-hydrogen) atoms. The largest absolute Gasteiger partial charge is 0.416 e. The molecule has 1 heterocycles. The monoisotopic (exact) mass is 355 g/mol. The van der Waals surface area contributed by atoms with Crippen molar-refractivity contribution in [2.24, 2.45) is 0 Å². The number of rotatable bonds is 5. The third-order valence-electron chi connectivity index (χ3n) is 4.54. The van der Waals surface area contributed by atoms with Crippen molar-refractivity contribution in [3.8, 4) is 0 Å². The molecule has 0 saturated heterocycles. The number of hydrogen-bond acceptors (Lipinski definition) is 3. The molecule has 1 N–H and O–H groups in total. The van der Waals surface area contributed by atoms with Crippen LogP contribution in [-0.2, 0) is 18.1 Å². The molecule has 1 aliphatic carbocycles. The third-order valence-corrected chi connectivity index (χ3v) is 4.54. The van der Waals surface area contributed by atoms with Crippen molar-refractivity contribution in [3.05, 3.63) is 57.9 Å². The molecule has 2 aromatic rings. The molecule has 1 aromatic carbocycles. The Morgan fingerprint density at radius 1 is 1.28 bits per heavy atom. The topological polar surface area (TPSA) is 46.9 Å². The van der Waals surface area contributed by atoms with Crippen LogP contribution >= 0.6 is 0 Å². The van der Waals surface area contributed by atoms with Crippen molar-refractivity contribution in [1.82, 2.24) is 9.55 Å². The van der Waals surface area contributed by atoms with Crippen LogP contribution in [0.1, 0.15) is 30.9 Å². The summed E-state index contributed by atoms with van der Waals surface area (Å²) in [5.74, 6) is -0.773. The molecule has 1 fully saturated rings. The first kappa shape index (κ1) is 17.4. The summed E-state index contributed by atoms with van der Waals surface area (Å²) in [7, 11) is 0. The maximum absolute atomic E-state index is 13.7. The molecule has 0 spiro atoms. The fourth-order valence-electron chi connectivity index (χ4n) is 2.85. The lowest BCUT2D eigenvalue weighted by Gasteiger charge is -2.19. The predicted molar refractivity (Wildman–Crippen MR) is 85.0 cm³/mol. The Balaban J connectivity index is 1.85. The van der Waals surface area contributed by atoms with E-state index in [-0.39, 0.29) is 17.9 Å². The molecule has 0 amide bonds. The highest BCUT2D eigenvalue weighted by molar-refractivity contribution is 5.40. The highest BCUT2D eigenvalue weighted by Crippen LogP contribution is 2.49. The van der Waals surface area contributed by atoms with Gasteiger partial charge in [0, 0.05) is 30.9 Å². The molecule has 1 saturated carbocycles. The van der Waals surface area contributed by atoms with Crippen LogP contribution in [0.2, 0.25) is 0 Å². The predicted octanol–water partition coefficient (Wildman–Crippen LogP) is 3.56. The Kier molecular flexibility index (Phi) is 4.30. The highest BCUT2D eigenvalue weighted by atomic mass is 19.4. The summed E-state index contributed by atoms with van der Waals surface area (Å²) in [6.45, 7) is 2.53. The van der Waals surface area contributed by atoms with Crippen LogP contribution in [0.25, 0.3) is 0 Å². The molecular formula is C17H17F4N3O. The number of nitrogens with one attached hydrogen (secondary N) is 1. The Morgan fingerprint density at radius 2 is 2.00 bits per heavy atom. The van der Waals surface area contributed by atoms with Gasteiger partial charge in [0.1, 0.15) is 5.82 Å². The summed E-state index contributed by atoms with van der Waals surface area (Å²) in [5, 5.41) is 2.92. The van der Waals surface area contributed by atoms with Crippen LogP contribution in [0.3, 0.4) is 0 Å². The molecular weight excluding hydrogens is 338 g/mol. The molecule has 0 atom stereocenters. The summed E-state index contributed by atoms with van der Waals surface area (Å²) in [4.78, 5) is 16.1. The molecule has 0 bridgehead atoms. The van der Waals surface area contributed by atoms with E-state index in [0.717, 1.165) is 12.1 Å². The Morgan fingerprint density at radius 3 is 2.60 bits per heavy atom. The van der Waals surface area contributed by atoms with Crippen molar-refractivity contribution < 1.29 is 17.6 Å². The summed E-state index contributed by atoms with van der Waals surface area (Å²) in [6.07, 6.45) is -0.319. The minimum atomic E-state index is -4.60. The zero-order valence-corrected chi connectivity index (χ0v) is 13.5. The normalized spacial score (nSPS) is 15.9. The van der Waals surface area contributed by atoms with Gasteiger partial charge in [-0.1, -0.05) is 0 Å². The lowest BCUT2D eigenvalue weighted by molar-refractivity contribution is -0.137. The van der Waals surface area contributed by atoms with Crippen LogP contribution in [0.5, 0.6) is 0 Å². The van der Waals surface area contributed by atoms with E-state index in [1.54, 1.807) is 6.20 Å². The van der Waals surface area contributed by atoms with Crippen molar-refractivity contribution in [2.45, 2.75) is 37.9 Å². The number of halogens is 4. The van der Waals surface area contributed by atoms with Gasteiger partial charge in [-0.3, -0.25) is 4.79 Å². The average Bonchev–Trinajstić information content (AvgIpc) is 3.34. The van der Waals surface area contributed by atoms with Crippen molar-refractivity contribution in [2.75, 3.05) is 11.9 Å². The number of aryl methyl sites for hydroxylation is 1. The highest BCUT2D eigenvalue weighted by Gasteiger charge is 2.45. The van der Waals surface area contributed by atoms with Crippen molar-refractivity contribution in [3.63, 3.8) is 0 Å². The van der Waals surface area contributed by atoms with Crippen LogP contribution in [0.15, 0.2) is 35.4 Å². The number of hydrogen-bond donors (Lipinski definition) is 1. The molecule has 1 aliphatic rings. The smallest absolute Gasteiger partial charge is 0.365 e. The Bertz CT molecular complexity index is 841. The van der Waals surface area contributed by atoms with Crippen LogP contribution in [-0.4, -0.2) is 16.1 Å². The van der Waals surface area contributed by atoms with Gasteiger partial charge in [0.25, 0.3) is 5.56 Å². The number of nitrogens with zero attached hydrogens (tertiary/aromatic N) is 2. The van der Waals surface area contributed by atoms with Gasteiger partial charge in [-0.25, -0.2) is 9.37 Å². The number of anilines is 1. The zero-order chi connectivity index (χ0) is 18.2. The first-order valence-electron chi connectivity index (χ1n) is 7.93. The van der Waals surface area contributed by atoms with Crippen LogP contribution in [0, 0.1) is 5.82 Å². The maximum atomic E-state index is 13.7. The van der Waals surface area contributed by atoms with Gasteiger partial charge >= 0.3 is 6.18 Å². The lowest BCUT2D eigenvalue weighted by Crippen LogP contribution is -2.28. The second kappa shape index (κ2) is 6.16. The van der Waals surface area contributed by atoms with E-state index in [1.165, 1.54) is 10.8 Å². The fourth-order valence-corrected chi connectivity index (χ4v) is 2.85. The van der Waals surface area contributed by atoms with Gasteiger partial charge < -0.3 is 9.88 Å². The second-order valence-electron chi connectivity index (χ2n) is 6.23. The molecule has 0 unspecified atom stereocenters. The maximum Gasteiger partial charge on any atom is 0.416 e. The van der Waals surface area contributed by atoms with Gasteiger partial charge in [-0.15, -0.1) is 0 Å². The van der Waals surface area contributed by atoms with Crippen molar-refractivity contribution in [1.29, 1.82) is 0 Å².